The summed E-state index contributed by atoms with van der Waals surface area (Å²) in [6.45, 7) is 6.25. The van der Waals surface area contributed by atoms with Gasteiger partial charge >= 0.3 is 5.97 Å². The molecule has 2 aliphatic heterocycles. The number of hydrogen-bond donors (Lipinski definition) is 7. The molecule has 0 spiro atoms. The highest BCUT2D eigenvalue weighted by Gasteiger charge is 2.46. The molecule has 76 heavy (non-hydrogen) atoms. The molecular formula is C51H59FN10O13S. The van der Waals surface area contributed by atoms with Crippen molar-refractivity contribution in [2.75, 3.05) is 26.1 Å². The molecule has 4 aromatic rings. The summed E-state index contributed by atoms with van der Waals surface area (Å²) in [6, 6.07) is 2.21. The fraction of sp³-hybridized carbons (Fsp3) is 0.471. The normalized spacial score (nSPS) is 16.6. The summed E-state index contributed by atoms with van der Waals surface area (Å²) < 4.78 is 50.6. The molecule has 0 unspecified atom stereocenters. The van der Waals surface area contributed by atoms with Crippen LogP contribution in [0.25, 0.3) is 22.3 Å². The Labute approximate surface area is 436 Å². The SMILES string of the molecule is CC[C@@]1(O)C(=O)OCc2c1cc1n(c2=O)Cc2c-1nc1cc(F)c(C)cc1c2CNC(=O)[C@H](OCNC(=O)[C@H](C)NC(=O)[C@@H](NC(=O)CNC(=O)CNC(=O)CCCC#Cc1cnc(S(C)(=O)=O)nc1)C(C)C)C1CC1. The number of carbonyl (C=O) groups excluding carboxylic acids is 7. The van der Waals surface area contributed by atoms with E-state index in [1.165, 1.54) is 30.0 Å². The first-order valence-electron chi connectivity index (χ1n) is 24.6. The predicted molar refractivity (Wildman–Crippen MR) is 268 cm³/mol. The van der Waals surface area contributed by atoms with E-state index in [2.05, 4.69) is 53.7 Å². The Morgan fingerprint density at radius 1 is 0.934 bits per heavy atom. The molecule has 0 radical (unpaired) electrons. The third kappa shape index (κ3) is 12.9. The summed E-state index contributed by atoms with van der Waals surface area (Å²) in [5.41, 5.74) is 0.475. The van der Waals surface area contributed by atoms with Crippen LogP contribution in [0.1, 0.15) is 99.6 Å². The minimum atomic E-state index is -3.54. The van der Waals surface area contributed by atoms with Gasteiger partial charge in [-0.25, -0.2) is 32.6 Å². The lowest BCUT2D eigenvalue weighted by Gasteiger charge is -2.31. The number of aromatic nitrogens is 4. The Morgan fingerprint density at radius 2 is 1.63 bits per heavy atom. The Balaban J connectivity index is 0.870. The molecule has 7 N–H and O–H groups in total. The van der Waals surface area contributed by atoms with E-state index < -0.39 is 112 Å². The first kappa shape index (κ1) is 56.0. The Hall–Kier alpha value is -7.69. The first-order valence-corrected chi connectivity index (χ1v) is 26.5. The van der Waals surface area contributed by atoms with Gasteiger partial charge in [0.2, 0.25) is 50.4 Å². The molecule has 1 saturated carbocycles. The van der Waals surface area contributed by atoms with Crippen LogP contribution in [-0.2, 0) is 78.2 Å². The van der Waals surface area contributed by atoms with Crippen LogP contribution in [0.5, 0.6) is 0 Å². The monoisotopic (exact) mass is 1070 g/mol. The molecule has 7 rings (SSSR count). The predicted octanol–water partition coefficient (Wildman–Crippen LogP) is 0.306. The fourth-order valence-electron chi connectivity index (χ4n) is 8.66. The lowest BCUT2D eigenvalue weighted by atomic mass is 9.86. The summed E-state index contributed by atoms with van der Waals surface area (Å²) >= 11 is 0. The zero-order valence-electron chi connectivity index (χ0n) is 42.7. The van der Waals surface area contributed by atoms with Crippen molar-refractivity contribution in [3.05, 3.63) is 80.1 Å². The molecule has 0 bridgehead atoms. The van der Waals surface area contributed by atoms with Gasteiger partial charge in [-0.2, -0.15) is 0 Å². The maximum absolute atomic E-state index is 15.0. The Bertz CT molecular complexity index is 3240. The molecule has 1 fully saturated rings. The topological polar surface area (TPSA) is 325 Å². The van der Waals surface area contributed by atoms with Gasteiger partial charge in [-0.05, 0) is 74.6 Å². The lowest BCUT2D eigenvalue weighted by molar-refractivity contribution is -0.172. The van der Waals surface area contributed by atoms with Crippen LogP contribution < -0.4 is 37.5 Å². The molecule has 25 heteroatoms. The van der Waals surface area contributed by atoms with Gasteiger partial charge in [-0.3, -0.25) is 33.6 Å². The summed E-state index contributed by atoms with van der Waals surface area (Å²) in [5.74, 6) is -0.0204. The van der Waals surface area contributed by atoms with Crippen LogP contribution in [0.2, 0.25) is 0 Å². The number of pyridine rings is 2. The highest BCUT2D eigenvalue weighted by molar-refractivity contribution is 7.90. The second kappa shape index (κ2) is 23.5. The number of fused-ring (bicyclic) bond motifs is 5. The van der Waals surface area contributed by atoms with E-state index in [1.807, 2.05) is 0 Å². The number of nitrogens with one attached hydrogen (secondary N) is 6. The van der Waals surface area contributed by atoms with Gasteiger partial charge in [-0.1, -0.05) is 32.6 Å². The summed E-state index contributed by atoms with van der Waals surface area (Å²) in [6.07, 6.45) is 4.61. The van der Waals surface area contributed by atoms with E-state index in [-0.39, 0.29) is 60.3 Å². The van der Waals surface area contributed by atoms with Crippen molar-refractivity contribution in [2.24, 2.45) is 11.8 Å². The molecule has 0 saturated heterocycles. The molecule has 404 valence electrons. The Kier molecular flexibility index (Phi) is 17.3. The van der Waals surface area contributed by atoms with Crippen LogP contribution in [-0.4, -0.2) is 119 Å². The number of ether oxygens (including phenoxy) is 2. The number of cyclic esters (lactones) is 1. The number of carbonyl (C=O) groups is 7. The smallest absolute Gasteiger partial charge is 0.343 e. The summed E-state index contributed by atoms with van der Waals surface area (Å²) in [7, 11) is -3.54. The number of nitrogens with zero attached hydrogens (tertiary/aromatic N) is 4. The molecule has 6 amide bonds. The standard InChI is InChI=1S/C51H59FN10O13S/c1-7-51(71)35-16-38-43-33(23-62(38)48(69)34(35)24-74-49(51)70)32(31-15-27(4)36(52)17-37(31)60-43)20-55-47(68)44(30-13-14-30)75-25-58-45(66)28(5)59-46(67)42(26(2)3)61-41(65)22-54-40(64)21-53-39(63)12-10-8-9-11-29-18-56-50(57-19-29)76(6,72)73/h15-19,26,28,30,42,44,71H,7-8,10,12-14,20-25H2,1-6H3,(H,53,63)(H,54,64)(H,55,68)(H,58,66)(H,59,67)(H,61,65)/t28-,42-,44+,51-/m0/s1. The number of aliphatic hydroxyl groups is 1. The van der Waals surface area contributed by atoms with Gasteiger partial charge < -0.3 is 51.0 Å². The number of sulfone groups is 1. The van der Waals surface area contributed by atoms with Crippen molar-refractivity contribution in [3.8, 4) is 23.2 Å². The number of esters is 1. The van der Waals surface area contributed by atoms with Crippen molar-refractivity contribution >= 4 is 62.2 Å². The van der Waals surface area contributed by atoms with Crippen LogP contribution in [0.15, 0.2) is 40.5 Å². The average molecular weight is 1070 g/mol. The maximum Gasteiger partial charge on any atom is 0.343 e. The second-order valence-electron chi connectivity index (χ2n) is 19.2. The molecule has 1 aromatic carbocycles. The molecule has 23 nitrogen and oxygen atoms in total. The van der Waals surface area contributed by atoms with Crippen molar-refractivity contribution in [1.29, 1.82) is 0 Å². The third-order valence-electron chi connectivity index (χ3n) is 13.2. The largest absolute Gasteiger partial charge is 0.458 e. The van der Waals surface area contributed by atoms with Crippen LogP contribution in [0.4, 0.5) is 4.39 Å². The Morgan fingerprint density at radius 3 is 2.30 bits per heavy atom. The molecule has 5 heterocycles. The number of aryl methyl sites for hydroxylation is 1. The summed E-state index contributed by atoms with van der Waals surface area (Å²) in [5, 5.41) is 27.0. The van der Waals surface area contributed by atoms with E-state index in [9.17, 15) is 51.9 Å². The maximum atomic E-state index is 15.0. The molecule has 3 aromatic heterocycles. The minimum Gasteiger partial charge on any atom is -0.458 e. The molecule has 4 atom stereocenters. The highest BCUT2D eigenvalue weighted by atomic mass is 32.2. The molecule has 1 aliphatic carbocycles. The van der Waals surface area contributed by atoms with E-state index in [4.69, 9.17) is 14.5 Å². The van der Waals surface area contributed by atoms with Crippen molar-refractivity contribution in [3.63, 3.8) is 0 Å². The zero-order valence-corrected chi connectivity index (χ0v) is 43.5. The number of amides is 6. The highest BCUT2D eigenvalue weighted by Crippen LogP contribution is 2.41. The zero-order chi connectivity index (χ0) is 55.2. The number of unbranched alkanes of at least 4 members (excludes halogenated alkanes) is 1. The van der Waals surface area contributed by atoms with Crippen LogP contribution in [0.3, 0.4) is 0 Å². The van der Waals surface area contributed by atoms with E-state index >= 15 is 4.39 Å². The lowest BCUT2D eigenvalue weighted by Crippen LogP contribution is -2.56. The number of halogens is 1. The second-order valence-corrected chi connectivity index (χ2v) is 21.1. The van der Waals surface area contributed by atoms with E-state index in [0.717, 1.165) is 6.26 Å². The number of benzene rings is 1. The van der Waals surface area contributed by atoms with Gasteiger partial charge in [0.25, 0.3) is 5.56 Å². The first-order chi connectivity index (χ1) is 36.0. The average Bonchev–Trinajstić information content (AvgIpc) is 4.16. The van der Waals surface area contributed by atoms with Gasteiger partial charge in [0.15, 0.2) is 5.60 Å². The summed E-state index contributed by atoms with van der Waals surface area (Å²) in [4.78, 5) is 117. The quantitative estimate of drug-likeness (QED) is 0.0171. The van der Waals surface area contributed by atoms with Crippen molar-refractivity contribution in [2.45, 2.75) is 122 Å². The van der Waals surface area contributed by atoms with Gasteiger partial charge in [-0.15, -0.1) is 0 Å². The molecule has 3 aliphatic rings. The van der Waals surface area contributed by atoms with E-state index in [1.54, 1.807) is 39.8 Å². The fourth-order valence-corrected chi connectivity index (χ4v) is 9.15. The van der Waals surface area contributed by atoms with Crippen molar-refractivity contribution in [1.82, 2.24) is 51.4 Å². The minimum absolute atomic E-state index is 0.0326. The van der Waals surface area contributed by atoms with Gasteiger partial charge in [0.1, 0.15) is 37.3 Å². The van der Waals surface area contributed by atoms with Crippen LogP contribution in [0, 0.1) is 36.4 Å². The van der Waals surface area contributed by atoms with Gasteiger partial charge in [0.05, 0.1) is 47.7 Å². The van der Waals surface area contributed by atoms with Crippen molar-refractivity contribution < 1.29 is 61.0 Å². The number of hydrogen-bond acceptors (Lipinski definition) is 16. The third-order valence-corrected chi connectivity index (χ3v) is 14.0. The van der Waals surface area contributed by atoms with Crippen LogP contribution >= 0.6 is 0 Å². The van der Waals surface area contributed by atoms with E-state index in [0.29, 0.717) is 64.7 Å². The molecular weight excluding hydrogens is 1010 g/mol. The number of rotatable bonds is 21. The van der Waals surface area contributed by atoms with Gasteiger partial charge in [0, 0.05) is 60.6 Å².